The molecule has 23 heavy (non-hydrogen) atoms. The van der Waals surface area contributed by atoms with Crippen molar-refractivity contribution in [1.29, 1.82) is 0 Å². The van der Waals surface area contributed by atoms with Gasteiger partial charge in [-0.3, -0.25) is 0 Å². The topological polar surface area (TPSA) is 119 Å². The lowest BCUT2D eigenvalue weighted by molar-refractivity contribution is 0.0682. The zero-order valence-corrected chi connectivity index (χ0v) is 12.6. The maximum absolute atomic E-state index is 10.6. The van der Waals surface area contributed by atoms with Gasteiger partial charge in [0.1, 0.15) is 22.6 Å². The number of hydrogen-bond donors (Lipinski definition) is 3. The van der Waals surface area contributed by atoms with Crippen LogP contribution in [0.5, 0.6) is 11.5 Å². The second-order valence-electron chi connectivity index (χ2n) is 4.24. The minimum Gasteiger partial charge on any atom is -0.496 e. The first-order valence-electron chi connectivity index (χ1n) is 6.44. The quantitative estimate of drug-likeness (QED) is 0.740. The van der Waals surface area contributed by atoms with Gasteiger partial charge in [0.2, 0.25) is 0 Å². The van der Waals surface area contributed by atoms with E-state index in [1.54, 1.807) is 30.3 Å². The number of hydrogen-bond acceptors (Lipinski definition) is 5. The first-order valence-corrected chi connectivity index (χ1v) is 6.44. The Hall–Kier alpha value is -3.22. The zero-order chi connectivity index (χ0) is 17.4. The Bertz CT molecular complexity index is 699. The normalized spacial score (nSPS) is 9.30. The average Bonchev–Trinajstić information content (AvgIpc) is 2.54. The average molecular weight is 319 g/mol. The molecule has 0 saturated heterocycles. The van der Waals surface area contributed by atoms with Crippen molar-refractivity contribution < 1.29 is 29.3 Å². The number of anilines is 1. The minimum atomic E-state index is -1.08. The molecule has 0 radical (unpaired) electrons. The molecule has 4 N–H and O–H groups in total. The van der Waals surface area contributed by atoms with Crippen molar-refractivity contribution >= 4 is 17.6 Å². The standard InChI is InChI=1S/C8H9NO3.C8H8O3/c1-12-6-4-2-3-5(9)7(6)8(10)11;1-11-7-5-3-2-4-6(7)8(9)10/h2-4H,9H2,1H3,(H,10,11);2-5H,1H3,(H,9,10). The summed E-state index contributed by atoms with van der Waals surface area (Å²) in [5, 5.41) is 17.3. The summed E-state index contributed by atoms with van der Waals surface area (Å²) in [7, 11) is 2.85. The van der Waals surface area contributed by atoms with E-state index in [9.17, 15) is 9.59 Å². The number of benzene rings is 2. The molecule has 7 nitrogen and oxygen atoms in total. The maximum Gasteiger partial charge on any atom is 0.341 e. The summed E-state index contributed by atoms with van der Waals surface area (Å²) in [4.78, 5) is 21.1. The molecule has 0 heterocycles. The summed E-state index contributed by atoms with van der Waals surface area (Å²) < 4.78 is 9.65. The number of nitrogen functional groups attached to an aromatic ring is 1. The molecule has 0 unspecified atom stereocenters. The highest BCUT2D eigenvalue weighted by Crippen LogP contribution is 2.23. The van der Waals surface area contributed by atoms with Crippen molar-refractivity contribution in [3.63, 3.8) is 0 Å². The largest absolute Gasteiger partial charge is 0.496 e. The molecule has 2 aromatic carbocycles. The van der Waals surface area contributed by atoms with Crippen LogP contribution in [0.4, 0.5) is 5.69 Å². The Kier molecular flexibility index (Phi) is 6.42. The number of methoxy groups -OCH3 is 2. The van der Waals surface area contributed by atoms with E-state index in [0.29, 0.717) is 5.75 Å². The first kappa shape index (κ1) is 17.8. The van der Waals surface area contributed by atoms with Crippen molar-refractivity contribution in [2.75, 3.05) is 20.0 Å². The summed E-state index contributed by atoms with van der Waals surface area (Å²) in [6.45, 7) is 0. The lowest BCUT2D eigenvalue weighted by Crippen LogP contribution is -2.04. The van der Waals surface area contributed by atoms with E-state index in [4.69, 9.17) is 25.4 Å². The van der Waals surface area contributed by atoms with Crippen LogP contribution < -0.4 is 15.2 Å². The monoisotopic (exact) mass is 319 g/mol. The molecule has 0 spiro atoms. The number of carboxylic acids is 2. The SMILES string of the molecule is COc1cccc(N)c1C(=O)O.COc1ccccc1C(=O)O. The van der Waals surface area contributed by atoms with Gasteiger partial charge < -0.3 is 25.4 Å². The van der Waals surface area contributed by atoms with Gasteiger partial charge in [0.05, 0.1) is 14.2 Å². The Balaban J connectivity index is 0.000000231. The molecule has 2 rings (SSSR count). The van der Waals surface area contributed by atoms with Gasteiger partial charge in [-0.15, -0.1) is 0 Å². The number of ether oxygens (including phenoxy) is 2. The predicted molar refractivity (Wildman–Crippen MR) is 84.3 cm³/mol. The fourth-order valence-electron chi connectivity index (χ4n) is 1.77. The summed E-state index contributed by atoms with van der Waals surface area (Å²) in [5.74, 6) is -1.38. The summed E-state index contributed by atoms with van der Waals surface area (Å²) in [5.41, 5.74) is 5.85. The molecule has 0 fully saturated rings. The lowest BCUT2D eigenvalue weighted by atomic mass is 10.1. The number of carboxylic acid groups (broad SMARTS) is 2. The van der Waals surface area contributed by atoms with Crippen LogP contribution in [0, 0.1) is 0 Å². The van der Waals surface area contributed by atoms with Crippen molar-refractivity contribution in [3.05, 3.63) is 53.6 Å². The fraction of sp³-hybridized carbons (Fsp3) is 0.125. The highest BCUT2D eigenvalue weighted by atomic mass is 16.5. The summed E-state index contributed by atoms with van der Waals surface area (Å²) in [6.07, 6.45) is 0. The molecule has 0 saturated carbocycles. The van der Waals surface area contributed by atoms with Crippen molar-refractivity contribution in [2.24, 2.45) is 0 Å². The third-order valence-corrected chi connectivity index (χ3v) is 2.83. The van der Waals surface area contributed by atoms with Crippen LogP contribution in [0.15, 0.2) is 42.5 Å². The van der Waals surface area contributed by atoms with Crippen LogP contribution in [0.25, 0.3) is 0 Å². The van der Waals surface area contributed by atoms with Gasteiger partial charge in [0.25, 0.3) is 0 Å². The van der Waals surface area contributed by atoms with Crippen LogP contribution in [0.1, 0.15) is 20.7 Å². The molecule has 0 bridgehead atoms. The van der Waals surface area contributed by atoms with Crippen LogP contribution in [-0.2, 0) is 0 Å². The third kappa shape index (κ3) is 4.63. The fourth-order valence-corrected chi connectivity index (χ4v) is 1.77. The Morgan fingerprint density at radius 2 is 1.43 bits per heavy atom. The second-order valence-corrected chi connectivity index (χ2v) is 4.24. The van der Waals surface area contributed by atoms with Crippen LogP contribution in [0.3, 0.4) is 0 Å². The highest BCUT2D eigenvalue weighted by Gasteiger charge is 2.13. The van der Waals surface area contributed by atoms with Gasteiger partial charge in [-0.25, -0.2) is 9.59 Å². The van der Waals surface area contributed by atoms with E-state index in [1.807, 2.05) is 0 Å². The van der Waals surface area contributed by atoms with E-state index < -0.39 is 11.9 Å². The Morgan fingerprint density at radius 1 is 0.870 bits per heavy atom. The maximum atomic E-state index is 10.6. The van der Waals surface area contributed by atoms with Crippen molar-refractivity contribution in [2.45, 2.75) is 0 Å². The van der Waals surface area contributed by atoms with Crippen LogP contribution in [-0.4, -0.2) is 36.4 Å². The van der Waals surface area contributed by atoms with E-state index in [-0.39, 0.29) is 22.6 Å². The van der Waals surface area contributed by atoms with Gasteiger partial charge in [-0.2, -0.15) is 0 Å². The number of nitrogens with two attached hydrogens (primary N) is 1. The van der Waals surface area contributed by atoms with E-state index in [0.717, 1.165) is 0 Å². The molecule has 0 atom stereocenters. The molecular formula is C16H17NO6. The number of aromatic carboxylic acids is 2. The number of para-hydroxylation sites is 1. The van der Waals surface area contributed by atoms with Gasteiger partial charge in [0, 0.05) is 5.69 Å². The molecule has 0 aromatic heterocycles. The number of carbonyl (C=O) groups is 2. The highest BCUT2D eigenvalue weighted by molar-refractivity contribution is 5.96. The third-order valence-electron chi connectivity index (χ3n) is 2.83. The molecule has 7 heteroatoms. The molecule has 122 valence electrons. The molecule has 0 aliphatic rings. The van der Waals surface area contributed by atoms with Gasteiger partial charge in [0.15, 0.2) is 0 Å². The first-order chi connectivity index (χ1) is 10.9. The lowest BCUT2D eigenvalue weighted by Gasteiger charge is -2.05. The zero-order valence-electron chi connectivity index (χ0n) is 12.6. The van der Waals surface area contributed by atoms with Gasteiger partial charge >= 0.3 is 11.9 Å². The molecule has 0 aliphatic carbocycles. The van der Waals surface area contributed by atoms with E-state index >= 15 is 0 Å². The van der Waals surface area contributed by atoms with Gasteiger partial charge in [-0.05, 0) is 24.3 Å². The summed E-state index contributed by atoms with van der Waals surface area (Å²) >= 11 is 0. The molecule has 0 aliphatic heterocycles. The van der Waals surface area contributed by atoms with E-state index in [1.165, 1.54) is 26.4 Å². The predicted octanol–water partition coefficient (Wildman–Crippen LogP) is 2.37. The summed E-state index contributed by atoms with van der Waals surface area (Å²) in [6, 6.07) is 11.2. The van der Waals surface area contributed by atoms with Crippen LogP contribution >= 0.6 is 0 Å². The van der Waals surface area contributed by atoms with Crippen molar-refractivity contribution in [3.8, 4) is 11.5 Å². The molecule has 0 amide bonds. The minimum absolute atomic E-state index is 0.0139. The number of rotatable bonds is 4. The second kappa shape index (κ2) is 8.28. The van der Waals surface area contributed by atoms with E-state index in [2.05, 4.69) is 0 Å². The van der Waals surface area contributed by atoms with Crippen LogP contribution in [0.2, 0.25) is 0 Å². The molecular weight excluding hydrogens is 302 g/mol. The smallest absolute Gasteiger partial charge is 0.341 e. The Labute approximate surface area is 132 Å². The van der Waals surface area contributed by atoms with Crippen molar-refractivity contribution in [1.82, 2.24) is 0 Å². The Morgan fingerprint density at radius 3 is 1.87 bits per heavy atom. The van der Waals surface area contributed by atoms with Gasteiger partial charge in [-0.1, -0.05) is 18.2 Å². The molecule has 2 aromatic rings.